The van der Waals surface area contributed by atoms with Gasteiger partial charge in [0.05, 0.1) is 17.0 Å². The lowest BCUT2D eigenvalue weighted by molar-refractivity contribution is 0.0697. The minimum absolute atomic E-state index is 0.246. The average molecular weight is 389 g/mol. The fourth-order valence-corrected chi connectivity index (χ4v) is 3.45. The van der Waals surface area contributed by atoms with Crippen LogP contribution in [0.1, 0.15) is 21.7 Å². The van der Waals surface area contributed by atoms with Gasteiger partial charge in [-0.3, -0.25) is 0 Å². The average Bonchev–Trinajstić information content (AvgIpc) is 3.33. The molecule has 4 aromatic rings. The summed E-state index contributed by atoms with van der Waals surface area (Å²) >= 11 is 0. The third-order valence-corrected chi connectivity index (χ3v) is 5.02. The predicted octanol–water partition coefficient (Wildman–Crippen LogP) is 3.73. The zero-order valence-corrected chi connectivity index (χ0v) is 16.7. The summed E-state index contributed by atoms with van der Waals surface area (Å²) < 4.78 is 0. The van der Waals surface area contributed by atoms with Crippen LogP contribution in [0.2, 0.25) is 0 Å². The number of aromatic nitrogens is 4. The lowest BCUT2D eigenvalue weighted by atomic mass is 9.98. The molecule has 0 radical (unpaired) electrons. The quantitative estimate of drug-likeness (QED) is 0.467. The van der Waals surface area contributed by atoms with Crippen molar-refractivity contribution in [3.05, 3.63) is 59.7 Å². The fraction of sp³-hybridized carbons (Fsp3) is 0.227. The van der Waals surface area contributed by atoms with E-state index >= 15 is 0 Å². The second-order valence-corrected chi connectivity index (χ2v) is 7.39. The standard InChI is InChI=1S/C22H23N5O2/c1-13-4-5-14(22(28)29)12-17(13)20-19(25-18(26-20)8-11-27(2)3)15-6-9-23-21-16(15)7-10-24-21/h4-7,9-10,12H,8,11H2,1-3H3,(H,23,24)(H,25,26)(H,28,29). The maximum atomic E-state index is 11.5. The minimum Gasteiger partial charge on any atom is -0.478 e. The van der Waals surface area contributed by atoms with Crippen molar-refractivity contribution in [2.75, 3.05) is 20.6 Å². The second kappa shape index (κ2) is 7.52. The van der Waals surface area contributed by atoms with E-state index in [2.05, 4.69) is 19.9 Å². The number of aromatic amines is 2. The first-order valence-corrected chi connectivity index (χ1v) is 9.44. The first-order valence-electron chi connectivity index (χ1n) is 9.44. The lowest BCUT2D eigenvalue weighted by Gasteiger charge is -2.08. The van der Waals surface area contributed by atoms with Gasteiger partial charge in [0.15, 0.2) is 0 Å². The van der Waals surface area contributed by atoms with Crippen molar-refractivity contribution in [2.45, 2.75) is 13.3 Å². The molecule has 148 valence electrons. The van der Waals surface area contributed by atoms with E-state index in [4.69, 9.17) is 4.98 Å². The van der Waals surface area contributed by atoms with Gasteiger partial charge in [0.1, 0.15) is 11.5 Å². The number of likely N-dealkylation sites (N-methyl/N-ethyl adjacent to an activating group) is 1. The largest absolute Gasteiger partial charge is 0.478 e. The molecule has 0 atom stereocenters. The van der Waals surface area contributed by atoms with Crippen molar-refractivity contribution in [2.24, 2.45) is 0 Å². The molecule has 4 rings (SSSR count). The Balaban J connectivity index is 1.92. The number of aryl methyl sites for hydroxylation is 1. The number of nitrogens with zero attached hydrogens (tertiary/aromatic N) is 3. The Bertz CT molecular complexity index is 1190. The highest BCUT2D eigenvalue weighted by molar-refractivity contribution is 5.97. The van der Waals surface area contributed by atoms with Crippen LogP contribution in [-0.4, -0.2) is 56.6 Å². The third kappa shape index (κ3) is 3.64. The van der Waals surface area contributed by atoms with Gasteiger partial charge in [-0.15, -0.1) is 0 Å². The van der Waals surface area contributed by atoms with E-state index in [-0.39, 0.29) is 5.56 Å². The van der Waals surface area contributed by atoms with Gasteiger partial charge in [-0.25, -0.2) is 14.8 Å². The highest BCUT2D eigenvalue weighted by atomic mass is 16.4. The highest BCUT2D eigenvalue weighted by Gasteiger charge is 2.19. The number of hydrogen-bond donors (Lipinski definition) is 3. The van der Waals surface area contributed by atoms with Crippen molar-refractivity contribution in [1.29, 1.82) is 0 Å². The zero-order valence-electron chi connectivity index (χ0n) is 16.7. The number of rotatable bonds is 6. The monoisotopic (exact) mass is 389 g/mol. The fourth-order valence-electron chi connectivity index (χ4n) is 3.45. The van der Waals surface area contributed by atoms with Crippen LogP contribution in [0.4, 0.5) is 0 Å². The first-order chi connectivity index (χ1) is 13.9. The summed E-state index contributed by atoms with van der Waals surface area (Å²) in [5, 5.41) is 10.4. The molecule has 7 heteroatoms. The number of pyridine rings is 1. The summed E-state index contributed by atoms with van der Waals surface area (Å²) in [6.45, 7) is 2.83. The highest BCUT2D eigenvalue weighted by Crippen LogP contribution is 2.35. The molecule has 3 aromatic heterocycles. The van der Waals surface area contributed by atoms with Crippen molar-refractivity contribution in [3.8, 4) is 22.5 Å². The molecule has 3 N–H and O–H groups in total. The molecule has 0 amide bonds. The molecule has 0 aliphatic rings. The van der Waals surface area contributed by atoms with Crippen LogP contribution >= 0.6 is 0 Å². The molecule has 0 aliphatic carbocycles. The molecule has 1 aromatic carbocycles. The molecule has 0 bridgehead atoms. The molecule has 0 saturated heterocycles. The Morgan fingerprint density at radius 2 is 2.00 bits per heavy atom. The van der Waals surface area contributed by atoms with E-state index in [9.17, 15) is 9.90 Å². The van der Waals surface area contributed by atoms with Crippen molar-refractivity contribution >= 4 is 17.0 Å². The Kier molecular flexibility index (Phi) is 4.90. The van der Waals surface area contributed by atoms with E-state index in [0.717, 1.165) is 57.9 Å². The van der Waals surface area contributed by atoms with Gasteiger partial charge < -0.3 is 20.0 Å². The Morgan fingerprint density at radius 3 is 2.76 bits per heavy atom. The van der Waals surface area contributed by atoms with Gasteiger partial charge in [0, 0.05) is 41.9 Å². The van der Waals surface area contributed by atoms with Gasteiger partial charge in [-0.1, -0.05) is 6.07 Å². The molecule has 3 heterocycles. The number of imidazole rings is 1. The van der Waals surface area contributed by atoms with Gasteiger partial charge in [-0.2, -0.15) is 0 Å². The van der Waals surface area contributed by atoms with Crippen LogP contribution in [0.25, 0.3) is 33.5 Å². The number of benzene rings is 1. The lowest BCUT2D eigenvalue weighted by Crippen LogP contribution is -2.15. The predicted molar refractivity (Wildman–Crippen MR) is 113 cm³/mol. The van der Waals surface area contributed by atoms with E-state index in [0.29, 0.717) is 0 Å². The smallest absolute Gasteiger partial charge is 0.335 e. The SMILES string of the molecule is Cc1ccc(C(=O)O)cc1-c1nc(CCN(C)C)[nH]c1-c1ccnc2[nH]ccc12. The Labute approximate surface area is 168 Å². The molecule has 0 fully saturated rings. The molecule has 7 nitrogen and oxygen atoms in total. The summed E-state index contributed by atoms with van der Waals surface area (Å²) in [6, 6.07) is 9.09. The molecular weight excluding hydrogens is 366 g/mol. The van der Waals surface area contributed by atoms with Crippen molar-refractivity contribution in [3.63, 3.8) is 0 Å². The van der Waals surface area contributed by atoms with E-state index < -0.39 is 5.97 Å². The number of H-pyrrole nitrogens is 2. The molecule has 29 heavy (non-hydrogen) atoms. The molecule has 0 spiro atoms. The second-order valence-electron chi connectivity index (χ2n) is 7.39. The third-order valence-electron chi connectivity index (χ3n) is 5.02. The topological polar surface area (TPSA) is 97.9 Å². The van der Waals surface area contributed by atoms with Crippen LogP contribution in [0.5, 0.6) is 0 Å². The number of carboxylic acids is 1. The summed E-state index contributed by atoms with van der Waals surface area (Å²) in [4.78, 5) is 29.5. The number of carbonyl (C=O) groups is 1. The summed E-state index contributed by atoms with van der Waals surface area (Å²) in [5.74, 6) is -0.0857. The van der Waals surface area contributed by atoms with Crippen LogP contribution in [0.3, 0.4) is 0 Å². The van der Waals surface area contributed by atoms with Crippen LogP contribution in [0.15, 0.2) is 42.7 Å². The van der Waals surface area contributed by atoms with Crippen LogP contribution in [0, 0.1) is 6.92 Å². The maximum absolute atomic E-state index is 11.5. The van der Waals surface area contributed by atoms with Crippen LogP contribution < -0.4 is 0 Å². The first kappa shape index (κ1) is 18.9. The number of nitrogens with one attached hydrogen (secondary N) is 2. The van der Waals surface area contributed by atoms with E-state index in [1.165, 1.54) is 0 Å². The van der Waals surface area contributed by atoms with Crippen molar-refractivity contribution < 1.29 is 9.90 Å². The Morgan fingerprint density at radius 1 is 1.17 bits per heavy atom. The van der Waals surface area contributed by atoms with Gasteiger partial charge >= 0.3 is 5.97 Å². The number of fused-ring (bicyclic) bond motifs is 1. The van der Waals surface area contributed by atoms with E-state index in [1.807, 2.05) is 45.4 Å². The van der Waals surface area contributed by atoms with E-state index in [1.54, 1.807) is 18.3 Å². The number of aromatic carboxylic acids is 1. The van der Waals surface area contributed by atoms with Crippen LogP contribution in [-0.2, 0) is 6.42 Å². The molecule has 0 aliphatic heterocycles. The zero-order chi connectivity index (χ0) is 20.5. The maximum Gasteiger partial charge on any atom is 0.335 e. The summed E-state index contributed by atoms with van der Waals surface area (Å²) in [7, 11) is 4.05. The molecule has 0 unspecified atom stereocenters. The minimum atomic E-state index is -0.951. The summed E-state index contributed by atoms with van der Waals surface area (Å²) in [6.07, 6.45) is 4.39. The Hall–Kier alpha value is -3.45. The van der Waals surface area contributed by atoms with Gasteiger partial charge in [0.25, 0.3) is 0 Å². The number of hydrogen-bond acceptors (Lipinski definition) is 4. The van der Waals surface area contributed by atoms with Crippen molar-refractivity contribution in [1.82, 2.24) is 24.8 Å². The number of carboxylic acid groups (broad SMARTS) is 1. The normalized spacial score (nSPS) is 11.4. The van der Waals surface area contributed by atoms with Gasteiger partial charge in [-0.05, 0) is 50.8 Å². The summed E-state index contributed by atoms with van der Waals surface area (Å²) in [5.41, 5.74) is 5.44. The van der Waals surface area contributed by atoms with Gasteiger partial charge in [0.2, 0.25) is 0 Å². The molecular formula is C22H23N5O2. The molecule has 0 saturated carbocycles.